The largest absolute Gasteiger partial charge is 0.491 e. The van der Waals surface area contributed by atoms with E-state index in [4.69, 9.17) is 37.3 Å². The minimum absolute atomic E-state index is 0.0751. The number of rotatable bonds is 26. The van der Waals surface area contributed by atoms with Gasteiger partial charge in [0.15, 0.2) is 10.9 Å². The number of para-hydroxylation sites is 2. The second-order valence-corrected chi connectivity index (χ2v) is 14.7. The molecule has 0 spiro atoms. The molecule has 0 radical (unpaired) electrons. The quantitative estimate of drug-likeness (QED) is 0.0630. The highest BCUT2D eigenvalue weighted by atomic mass is 16.5. The van der Waals surface area contributed by atoms with Gasteiger partial charge in [0, 0.05) is 48.7 Å². The van der Waals surface area contributed by atoms with Crippen LogP contribution in [-0.2, 0) is 45.1 Å². The Morgan fingerprint density at radius 2 is 0.877 bits per heavy atom. The van der Waals surface area contributed by atoms with E-state index < -0.39 is 0 Å². The van der Waals surface area contributed by atoms with E-state index in [0.29, 0.717) is 137 Å². The van der Waals surface area contributed by atoms with Crippen molar-refractivity contribution in [2.75, 3.05) is 66.1 Å². The number of aromatic nitrogens is 6. The summed E-state index contributed by atoms with van der Waals surface area (Å²) in [5, 5.41) is 21.3. The number of hydrogen-bond acceptors (Lipinski definition) is 15. The molecule has 0 bridgehead atoms. The van der Waals surface area contributed by atoms with Gasteiger partial charge in [-0.15, -0.1) is 10.2 Å². The number of fused-ring (bicyclic) bond motifs is 2. The van der Waals surface area contributed by atoms with Crippen LogP contribution in [0.15, 0.2) is 140 Å². The Hall–Kier alpha value is -7.02. The summed E-state index contributed by atoms with van der Waals surface area (Å²) >= 11 is 0. The normalized spacial score (nSPS) is 11.4. The van der Waals surface area contributed by atoms with Gasteiger partial charge < -0.3 is 42.6 Å². The topological polar surface area (TPSA) is 189 Å². The van der Waals surface area contributed by atoms with Gasteiger partial charge in [0.05, 0.1) is 88.1 Å². The van der Waals surface area contributed by atoms with Crippen LogP contribution in [0.2, 0.25) is 0 Å². The van der Waals surface area contributed by atoms with Crippen LogP contribution < -0.4 is 25.6 Å². The van der Waals surface area contributed by atoms with Crippen molar-refractivity contribution in [1.82, 2.24) is 35.3 Å². The van der Waals surface area contributed by atoms with Crippen LogP contribution in [0, 0.1) is 0 Å². The minimum atomic E-state index is -0.0751. The van der Waals surface area contributed by atoms with E-state index >= 15 is 0 Å². The fourth-order valence-corrected chi connectivity index (χ4v) is 6.70. The Labute approximate surface area is 373 Å². The molecule has 4 aromatic carbocycles. The maximum Gasteiger partial charge on any atom is 0.193 e. The third-order valence-corrected chi connectivity index (χ3v) is 10.00. The highest BCUT2D eigenvalue weighted by molar-refractivity contribution is 5.79. The van der Waals surface area contributed by atoms with Gasteiger partial charge in [0.2, 0.25) is 0 Å². The lowest BCUT2D eigenvalue weighted by molar-refractivity contribution is 0.0333. The molecule has 336 valence electrons. The van der Waals surface area contributed by atoms with Crippen LogP contribution in [0.25, 0.3) is 44.6 Å². The van der Waals surface area contributed by atoms with Crippen molar-refractivity contribution in [1.29, 1.82) is 0 Å². The number of benzene rings is 4. The molecular formula is C48H49N7O10. The zero-order valence-corrected chi connectivity index (χ0v) is 35.7. The van der Waals surface area contributed by atoms with Gasteiger partial charge in [-0.3, -0.25) is 9.59 Å². The fourth-order valence-electron chi connectivity index (χ4n) is 6.70. The van der Waals surface area contributed by atoms with Crippen molar-refractivity contribution in [2.45, 2.75) is 26.2 Å². The van der Waals surface area contributed by atoms with Crippen molar-refractivity contribution >= 4 is 21.9 Å². The van der Waals surface area contributed by atoms with Gasteiger partial charge >= 0.3 is 0 Å². The maximum atomic E-state index is 12.4. The van der Waals surface area contributed by atoms with Gasteiger partial charge in [-0.25, -0.2) is 9.36 Å². The third-order valence-electron chi connectivity index (χ3n) is 10.00. The molecular weight excluding hydrogens is 835 g/mol. The predicted molar refractivity (Wildman–Crippen MR) is 241 cm³/mol. The molecule has 0 amide bonds. The molecule has 0 aliphatic carbocycles. The molecule has 0 atom stereocenters. The lowest BCUT2D eigenvalue weighted by Gasteiger charge is -2.09. The van der Waals surface area contributed by atoms with Crippen molar-refractivity contribution in [3.8, 4) is 34.1 Å². The first-order chi connectivity index (χ1) is 32.0. The standard InChI is InChI=1S/C48H49N7O10/c56-43-29-47(64-45-7-3-1-5-41(43)45)35-9-13-39(14-10-35)62-27-25-60-23-21-58-19-17-54-33-37(50-52-54)31-49-32-38-34-55(53-51-38)18-20-59-22-24-61-26-28-63-40-15-11-36(12-16-40)48-30-44(57)42-6-2-4-8-46(42)65-48/h1-16,29-30,33-34,49H,17-28,31-32H2. The summed E-state index contributed by atoms with van der Waals surface area (Å²) < 4.78 is 49.6. The molecule has 4 heterocycles. The molecule has 8 aromatic rings. The first-order valence-corrected chi connectivity index (χ1v) is 21.4. The summed E-state index contributed by atoms with van der Waals surface area (Å²) in [6, 6.07) is 32.2. The number of hydrogen-bond donors (Lipinski definition) is 1. The fraction of sp³-hybridized carbons (Fsp3) is 0.292. The molecule has 17 heteroatoms. The zero-order valence-electron chi connectivity index (χ0n) is 35.7. The Kier molecular flexibility index (Phi) is 15.8. The molecule has 1 N–H and O–H groups in total. The van der Waals surface area contributed by atoms with E-state index in [1.807, 2.05) is 85.2 Å². The van der Waals surface area contributed by atoms with E-state index in [1.165, 1.54) is 12.1 Å². The molecule has 0 aliphatic rings. The second kappa shape index (κ2) is 23.1. The summed E-state index contributed by atoms with van der Waals surface area (Å²) in [5.41, 5.74) is 4.17. The average Bonchev–Trinajstić information content (AvgIpc) is 4.00. The predicted octanol–water partition coefficient (Wildman–Crippen LogP) is 5.93. The van der Waals surface area contributed by atoms with Crippen LogP contribution >= 0.6 is 0 Å². The summed E-state index contributed by atoms with van der Waals surface area (Å²) in [4.78, 5) is 24.9. The molecule has 65 heavy (non-hydrogen) atoms. The van der Waals surface area contributed by atoms with Crippen molar-refractivity contribution < 1.29 is 37.3 Å². The van der Waals surface area contributed by atoms with Crippen molar-refractivity contribution in [2.24, 2.45) is 0 Å². The van der Waals surface area contributed by atoms with Crippen LogP contribution in [0.1, 0.15) is 11.4 Å². The number of nitrogens with one attached hydrogen (secondary N) is 1. The highest BCUT2D eigenvalue weighted by Gasteiger charge is 2.10. The lowest BCUT2D eigenvalue weighted by atomic mass is 10.1. The van der Waals surface area contributed by atoms with E-state index in [1.54, 1.807) is 33.6 Å². The SMILES string of the molecule is O=c1cc(-c2ccc(OCCOCCOCCn3cc(CNCc4cn(CCOCCOCCOc5ccc(-c6cc(=O)c7ccccc7o6)cc5)nn4)nn3)cc2)oc2ccccc12. The second-order valence-electron chi connectivity index (χ2n) is 14.7. The van der Waals surface area contributed by atoms with E-state index in [-0.39, 0.29) is 10.9 Å². The molecule has 0 saturated heterocycles. The Morgan fingerprint density at radius 1 is 0.477 bits per heavy atom. The third kappa shape index (κ3) is 13.0. The minimum Gasteiger partial charge on any atom is -0.491 e. The first kappa shape index (κ1) is 44.6. The summed E-state index contributed by atoms with van der Waals surface area (Å²) in [5.74, 6) is 2.41. The molecule has 4 aromatic heterocycles. The van der Waals surface area contributed by atoms with Crippen LogP contribution in [-0.4, -0.2) is 96.1 Å². The van der Waals surface area contributed by atoms with Crippen LogP contribution in [0.3, 0.4) is 0 Å². The average molecular weight is 884 g/mol. The van der Waals surface area contributed by atoms with Crippen molar-refractivity contribution in [3.05, 3.63) is 153 Å². The Balaban J connectivity index is 0.606. The van der Waals surface area contributed by atoms with Crippen LogP contribution in [0.5, 0.6) is 11.5 Å². The smallest absolute Gasteiger partial charge is 0.193 e. The lowest BCUT2D eigenvalue weighted by Crippen LogP contribution is -2.14. The molecule has 0 aliphatic heterocycles. The van der Waals surface area contributed by atoms with Crippen LogP contribution in [0.4, 0.5) is 0 Å². The van der Waals surface area contributed by atoms with Crippen molar-refractivity contribution in [3.63, 3.8) is 0 Å². The van der Waals surface area contributed by atoms with E-state index in [0.717, 1.165) is 22.5 Å². The Morgan fingerprint density at radius 3 is 1.32 bits per heavy atom. The molecule has 0 unspecified atom stereocenters. The van der Waals surface area contributed by atoms with Gasteiger partial charge in [-0.1, -0.05) is 34.7 Å². The molecule has 0 saturated carbocycles. The summed E-state index contributed by atoms with van der Waals surface area (Å²) in [6.07, 6.45) is 3.77. The van der Waals surface area contributed by atoms with Gasteiger partial charge in [0.25, 0.3) is 0 Å². The monoisotopic (exact) mass is 883 g/mol. The number of ether oxygens (including phenoxy) is 6. The van der Waals surface area contributed by atoms with E-state index in [9.17, 15) is 9.59 Å². The first-order valence-electron chi connectivity index (χ1n) is 21.4. The maximum absolute atomic E-state index is 12.4. The molecule has 17 nitrogen and oxygen atoms in total. The van der Waals surface area contributed by atoms with E-state index in [2.05, 4.69) is 25.9 Å². The summed E-state index contributed by atoms with van der Waals surface area (Å²) in [6.45, 7) is 6.55. The molecule has 8 rings (SSSR count). The zero-order chi connectivity index (χ0) is 44.5. The van der Waals surface area contributed by atoms with Gasteiger partial charge in [0.1, 0.15) is 47.4 Å². The molecule has 0 fully saturated rings. The summed E-state index contributed by atoms with van der Waals surface area (Å²) in [7, 11) is 0. The Bertz CT molecular complexity index is 2650. The highest BCUT2D eigenvalue weighted by Crippen LogP contribution is 2.26. The van der Waals surface area contributed by atoms with Gasteiger partial charge in [-0.05, 0) is 72.8 Å². The number of nitrogens with zero attached hydrogens (tertiary/aromatic N) is 6. The van der Waals surface area contributed by atoms with Gasteiger partial charge in [-0.2, -0.15) is 0 Å².